The normalized spacial score (nSPS) is 14.7. The van der Waals surface area contributed by atoms with Gasteiger partial charge in [-0.2, -0.15) is 0 Å². The van der Waals surface area contributed by atoms with Crippen LogP contribution in [0.3, 0.4) is 0 Å². The van der Waals surface area contributed by atoms with E-state index in [0.717, 1.165) is 11.7 Å². The molecule has 2 nitrogen and oxygen atoms in total. The number of hydrogen-bond donors (Lipinski definition) is 0. The van der Waals surface area contributed by atoms with Crippen molar-refractivity contribution in [2.24, 2.45) is 11.8 Å². The molecule has 0 radical (unpaired) electrons. The Kier molecular flexibility index (Phi) is 6.36. The molecule has 108 valence electrons. The third-order valence-electron chi connectivity index (χ3n) is 3.47. The minimum atomic E-state index is -0.206. The molecule has 1 rings (SSSR count). The van der Waals surface area contributed by atoms with Crippen LogP contribution in [0.4, 0.5) is 0 Å². The molecule has 0 bridgehead atoms. The van der Waals surface area contributed by atoms with Gasteiger partial charge < -0.3 is 9.47 Å². The summed E-state index contributed by atoms with van der Waals surface area (Å²) in [5.41, 5.74) is 1.40. The smallest absolute Gasteiger partial charge is 0.196 e. The van der Waals surface area contributed by atoms with E-state index in [1.165, 1.54) is 12.0 Å². The lowest BCUT2D eigenvalue weighted by Crippen LogP contribution is -2.14. The summed E-state index contributed by atoms with van der Waals surface area (Å²) in [5.74, 6) is 2.86. The topological polar surface area (TPSA) is 18.5 Å². The van der Waals surface area contributed by atoms with E-state index in [-0.39, 0.29) is 6.29 Å². The lowest BCUT2D eigenvalue weighted by molar-refractivity contribution is -0.0382. The van der Waals surface area contributed by atoms with E-state index in [0.29, 0.717) is 11.8 Å². The minimum Gasteiger partial charge on any atom is -0.465 e. The predicted molar refractivity (Wildman–Crippen MR) is 80.6 cm³/mol. The van der Waals surface area contributed by atoms with Crippen LogP contribution in [0.15, 0.2) is 24.3 Å². The van der Waals surface area contributed by atoms with Gasteiger partial charge >= 0.3 is 0 Å². The number of hydrogen-bond acceptors (Lipinski definition) is 2. The molecule has 0 aliphatic rings. The predicted octanol–water partition coefficient (Wildman–Crippen LogP) is 4.84. The fraction of sp³-hybridized carbons (Fsp3) is 0.647. The summed E-state index contributed by atoms with van der Waals surface area (Å²) in [5, 5.41) is 0. The average molecular weight is 264 g/mol. The van der Waals surface area contributed by atoms with Crippen molar-refractivity contribution in [3.63, 3.8) is 0 Å². The largest absolute Gasteiger partial charge is 0.465 e. The second-order valence-corrected chi connectivity index (χ2v) is 5.97. The number of rotatable bonds is 7. The second-order valence-electron chi connectivity index (χ2n) is 5.97. The van der Waals surface area contributed by atoms with Crippen molar-refractivity contribution in [1.82, 2.24) is 0 Å². The highest BCUT2D eigenvalue weighted by Gasteiger charge is 2.17. The quantitative estimate of drug-likeness (QED) is 0.656. The SMILES string of the molecule is COC(C)Oc1ccc(C(CC(C)C)C(C)C)cc1. The number of methoxy groups -OCH3 is 1. The molecule has 1 aromatic carbocycles. The van der Waals surface area contributed by atoms with Crippen LogP contribution in [0, 0.1) is 11.8 Å². The zero-order valence-electron chi connectivity index (χ0n) is 13.1. The van der Waals surface area contributed by atoms with Crippen LogP contribution in [0.5, 0.6) is 5.75 Å². The molecule has 0 spiro atoms. The van der Waals surface area contributed by atoms with Crippen LogP contribution in [0.1, 0.15) is 52.5 Å². The Hall–Kier alpha value is -1.02. The Morgan fingerprint density at radius 1 is 0.947 bits per heavy atom. The van der Waals surface area contributed by atoms with E-state index in [2.05, 4.69) is 39.8 Å². The molecule has 19 heavy (non-hydrogen) atoms. The molecule has 0 N–H and O–H groups in total. The lowest BCUT2D eigenvalue weighted by atomic mass is 9.82. The van der Waals surface area contributed by atoms with E-state index >= 15 is 0 Å². The van der Waals surface area contributed by atoms with Gasteiger partial charge in [-0.25, -0.2) is 0 Å². The van der Waals surface area contributed by atoms with Gasteiger partial charge in [0.15, 0.2) is 6.29 Å². The first-order valence-corrected chi connectivity index (χ1v) is 7.23. The fourth-order valence-corrected chi connectivity index (χ4v) is 2.33. The third-order valence-corrected chi connectivity index (χ3v) is 3.47. The maximum Gasteiger partial charge on any atom is 0.196 e. The van der Waals surface area contributed by atoms with Gasteiger partial charge in [-0.15, -0.1) is 0 Å². The molecule has 0 aliphatic heterocycles. The molecule has 0 heterocycles. The highest BCUT2D eigenvalue weighted by molar-refractivity contribution is 5.29. The summed E-state index contributed by atoms with van der Waals surface area (Å²) >= 11 is 0. The van der Waals surface area contributed by atoms with Crippen LogP contribution in [-0.2, 0) is 4.74 Å². The first kappa shape index (κ1) is 16.0. The van der Waals surface area contributed by atoms with Crippen molar-refractivity contribution in [2.75, 3.05) is 7.11 Å². The van der Waals surface area contributed by atoms with Crippen molar-refractivity contribution in [3.8, 4) is 5.75 Å². The maximum atomic E-state index is 5.62. The molecular weight excluding hydrogens is 236 g/mol. The van der Waals surface area contributed by atoms with E-state index in [4.69, 9.17) is 9.47 Å². The number of ether oxygens (including phenoxy) is 2. The Bertz CT molecular complexity index is 354. The molecule has 2 unspecified atom stereocenters. The summed E-state index contributed by atoms with van der Waals surface area (Å²) in [4.78, 5) is 0. The van der Waals surface area contributed by atoms with Gasteiger partial charge in [-0.05, 0) is 48.8 Å². The van der Waals surface area contributed by atoms with Gasteiger partial charge in [0.25, 0.3) is 0 Å². The molecule has 0 amide bonds. The zero-order chi connectivity index (χ0) is 14.4. The van der Waals surface area contributed by atoms with Gasteiger partial charge in [0, 0.05) is 7.11 Å². The average Bonchev–Trinajstić information content (AvgIpc) is 2.36. The summed E-state index contributed by atoms with van der Waals surface area (Å²) < 4.78 is 10.7. The molecule has 1 aromatic rings. The highest BCUT2D eigenvalue weighted by Crippen LogP contribution is 2.32. The molecule has 0 aliphatic carbocycles. The summed E-state index contributed by atoms with van der Waals surface area (Å²) in [7, 11) is 1.65. The maximum absolute atomic E-state index is 5.62. The van der Waals surface area contributed by atoms with Crippen molar-refractivity contribution < 1.29 is 9.47 Å². The van der Waals surface area contributed by atoms with E-state index in [1.54, 1.807) is 7.11 Å². The summed E-state index contributed by atoms with van der Waals surface area (Å²) in [6, 6.07) is 8.46. The van der Waals surface area contributed by atoms with E-state index in [1.807, 2.05) is 19.1 Å². The van der Waals surface area contributed by atoms with Crippen LogP contribution in [0.2, 0.25) is 0 Å². The molecular formula is C17H28O2. The Morgan fingerprint density at radius 3 is 1.95 bits per heavy atom. The Balaban J connectivity index is 2.77. The second kappa shape index (κ2) is 7.54. The monoisotopic (exact) mass is 264 g/mol. The Morgan fingerprint density at radius 2 is 1.53 bits per heavy atom. The van der Waals surface area contributed by atoms with Crippen LogP contribution in [-0.4, -0.2) is 13.4 Å². The standard InChI is InChI=1S/C17H28O2/c1-12(2)11-17(13(3)4)15-7-9-16(10-8-15)19-14(5)18-6/h7-10,12-14,17H,11H2,1-6H3. The van der Waals surface area contributed by atoms with Gasteiger partial charge in [-0.1, -0.05) is 39.8 Å². The van der Waals surface area contributed by atoms with Gasteiger partial charge in [0.05, 0.1) is 0 Å². The van der Waals surface area contributed by atoms with Gasteiger partial charge in [0.2, 0.25) is 0 Å². The van der Waals surface area contributed by atoms with Crippen molar-refractivity contribution in [1.29, 1.82) is 0 Å². The zero-order valence-corrected chi connectivity index (χ0v) is 13.1. The summed E-state index contributed by atoms with van der Waals surface area (Å²) in [6.07, 6.45) is 1.02. The van der Waals surface area contributed by atoms with Crippen molar-refractivity contribution in [3.05, 3.63) is 29.8 Å². The molecule has 0 saturated heterocycles. The first-order chi connectivity index (χ1) is 8.93. The van der Waals surface area contributed by atoms with E-state index in [9.17, 15) is 0 Å². The molecule has 0 aromatic heterocycles. The van der Waals surface area contributed by atoms with Crippen molar-refractivity contribution in [2.45, 2.75) is 53.2 Å². The molecule has 2 atom stereocenters. The molecule has 2 heteroatoms. The number of benzene rings is 1. The highest BCUT2D eigenvalue weighted by atomic mass is 16.7. The van der Waals surface area contributed by atoms with Gasteiger partial charge in [0.1, 0.15) is 5.75 Å². The molecule has 0 fully saturated rings. The molecule has 0 saturated carbocycles. The minimum absolute atomic E-state index is 0.206. The third kappa shape index (κ3) is 5.23. The van der Waals surface area contributed by atoms with Crippen LogP contribution < -0.4 is 4.74 Å². The van der Waals surface area contributed by atoms with Crippen molar-refractivity contribution >= 4 is 0 Å². The van der Waals surface area contributed by atoms with Crippen LogP contribution in [0.25, 0.3) is 0 Å². The Labute approximate surface area is 118 Å². The first-order valence-electron chi connectivity index (χ1n) is 7.23. The lowest BCUT2D eigenvalue weighted by Gasteiger charge is -2.23. The fourth-order valence-electron chi connectivity index (χ4n) is 2.33. The van der Waals surface area contributed by atoms with Crippen LogP contribution >= 0.6 is 0 Å². The summed E-state index contributed by atoms with van der Waals surface area (Å²) in [6.45, 7) is 11.1. The van der Waals surface area contributed by atoms with Gasteiger partial charge in [-0.3, -0.25) is 0 Å². The van der Waals surface area contributed by atoms with E-state index < -0.39 is 0 Å².